The predicted molar refractivity (Wildman–Crippen MR) is 87.7 cm³/mol. The van der Waals surface area contributed by atoms with E-state index in [-0.39, 0.29) is 46.2 Å². The van der Waals surface area contributed by atoms with Crippen molar-refractivity contribution < 1.29 is 34.8 Å². The van der Waals surface area contributed by atoms with Gasteiger partial charge in [0, 0.05) is 28.7 Å². The van der Waals surface area contributed by atoms with Crippen LogP contribution in [0, 0.1) is 0 Å². The van der Waals surface area contributed by atoms with Crippen LogP contribution in [-0.2, 0) is 17.6 Å². The van der Waals surface area contributed by atoms with E-state index < -0.39 is 41.1 Å². The molecule has 2 aliphatic carbocycles. The minimum Gasteiger partial charge on any atom is -0.507 e. The molecule has 0 saturated heterocycles. The van der Waals surface area contributed by atoms with Gasteiger partial charge < -0.3 is 20.4 Å². The summed E-state index contributed by atoms with van der Waals surface area (Å²) in [6.07, 6.45) is -0.658. The number of carbonyl (C=O) groups excluding carboxylic acids is 2. The summed E-state index contributed by atoms with van der Waals surface area (Å²) in [6, 6.07) is 6.09. The van der Waals surface area contributed by atoms with Crippen LogP contribution in [0.15, 0.2) is 24.3 Å². The normalized spacial score (nSPS) is 21.3. The third kappa shape index (κ3) is 1.94. The Kier molecular flexibility index (Phi) is 2.99. The number of carbonyl (C=O) groups is 3. The van der Waals surface area contributed by atoms with Crippen LogP contribution < -0.4 is 0 Å². The molecule has 4 N–H and O–H groups in total. The van der Waals surface area contributed by atoms with Crippen LogP contribution in [-0.4, -0.2) is 43.6 Å². The molecule has 0 heterocycles. The molecule has 0 radical (unpaired) electrons. The fraction of sp³-hybridized carbons (Fsp3) is 0.211. The Morgan fingerprint density at radius 1 is 1.00 bits per heavy atom. The maximum Gasteiger partial charge on any atom is 0.336 e. The molecular formula is C19H14O7. The zero-order valence-corrected chi connectivity index (χ0v) is 13.4. The molecule has 0 spiro atoms. The van der Waals surface area contributed by atoms with Crippen molar-refractivity contribution in [2.24, 2.45) is 0 Å². The van der Waals surface area contributed by atoms with E-state index in [0.29, 0.717) is 0 Å². The SMILES string of the molecule is [2H]OC(=O)C1(O)CCc2c(O)c3c(c(O)c2C1)C(=O)c1ccccc1C3=O. The number of benzene rings is 2. The van der Waals surface area contributed by atoms with Crippen LogP contribution in [0.4, 0.5) is 0 Å². The van der Waals surface area contributed by atoms with Crippen molar-refractivity contribution in [3.05, 3.63) is 57.6 Å². The summed E-state index contributed by atoms with van der Waals surface area (Å²) in [6.45, 7) is 0. The monoisotopic (exact) mass is 355 g/mol. The number of aliphatic hydroxyl groups is 1. The number of hydrogen-bond donors (Lipinski definition) is 4. The first-order valence-electron chi connectivity index (χ1n) is 8.39. The largest absolute Gasteiger partial charge is 0.507 e. The molecule has 0 bridgehead atoms. The molecule has 2 aromatic carbocycles. The van der Waals surface area contributed by atoms with E-state index in [4.69, 9.17) is 1.43 Å². The number of fused-ring (bicyclic) bond motifs is 3. The van der Waals surface area contributed by atoms with E-state index in [1.165, 1.54) is 12.1 Å². The molecule has 0 amide bonds. The van der Waals surface area contributed by atoms with E-state index in [2.05, 4.69) is 5.11 Å². The lowest BCUT2D eigenvalue weighted by Crippen LogP contribution is -2.44. The Morgan fingerprint density at radius 2 is 1.54 bits per heavy atom. The Bertz CT molecular complexity index is 1040. The number of carboxylic acid groups (broad SMARTS) is 1. The highest BCUT2D eigenvalue weighted by Crippen LogP contribution is 2.46. The lowest BCUT2D eigenvalue weighted by molar-refractivity contribution is -0.159. The second-order valence-electron chi connectivity index (χ2n) is 6.60. The van der Waals surface area contributed by atoms with Crippen molar-refractivity contribution in [3.63, 3.8) is 0 Å². The maximum atomic E-state index is 12.9. The quantitative estimate of drug-likeness (QED) is 0.482. The molecule has 0 aliphatic heterocycles. The lowest BCUT2D eigenvalue weighted by atomic mass is 9.74. The van der Waals surface area contributed by atoms with Crippen molar-refractivity contribution in [3.8, 4) is 11.5 Å². The van der Waals surface area contributed by atoms with Gasteiger partial charge in [-0.05, 0) is 12.8 Å². The summed E-state index contributed by atoms with van der Waals surface area (Å²) in [7, 11) is 0. The number of carboxylic acids is 1. The minimum absolute atomic E-state index is 0.00840. The number of aliphatic carboxylic acids is 1. The van der Waals surface area contributed by atoms with Gasteiger partial charge in [-0.3, -0.25) is 9.59 Å². The first-order valence-corrected chi connectivity index (χ1v) is 7.98. The summed E-state index contributed by atoms with van der Waals surface area (Å²) in [5.41, 5.74) is -2.27. The Balaban J connectivity index is 1.96. The van der Waals surface area contributed by atoms with Crippen LogP contribution in [0.3, 0.4) is 0 Å². The van der Waals surface area contributed by atoms with Crippen LogP contribution >= 0.6 is 0 Å². The minimum atomic E-state index is -2.06. The van der Waals surface area contributed by atoms with E-state index >= 15 is 0 Å². The zero-order chi connectivity index (χ0) is 19.5. The first kappa shape index (κ1) is 15.1. The molecule has 26 heavy (non-hydrogen) atoms. The molecule has 0 aromatic heterocycles. The molecule has 2 aliphatic rings. The summed E-state index contributed by atoms with van der Waals surface area (Å²) in [5, 5.41) is 35.7. The van der Waals surface area contributed by atoms with Gasteiger partial charge in [0.25, 0.3) is 1.43 Å². The van der Waals surface area contributed by atoms with Gasteiger partial charge in [0.2, 0.25) is 0 Å². The fourth-order valence-electron chi connectivity index (χ4n) is 3.76. The Morgan fingerprint density at radius 3 is 2.08 bits per heavy atom. The van der Waals surface area contributed by atoms with E-state index in [9.17, 15) is 29.7 Å². The van der Waals surface area contributed by atoms with Gasteiger partial charge in [-0.15, -0.1) is 0 Å². The van der Waals surface area contributed by atoms with E-state index in [1.807, 2.05) is 0 Å². The van der Waals surface area contributed by atoms with Crippen molar-refractivity contribution in [1.82, 2.24) is 0 Å². The number of hydrogen-bond acceptors (Lipinski definition) is 7. The van der Waals surface area contributed by atoms with Gasteiger partial charge in [-0.2, -0.15) is 0 Å². The molecule has 4 rings (SSSR count). The predicted octanol–water partition coefficient (Wildman–Crippen LogP) is 1.18. The van der Waals surface area contributed by atoms with Crippen molar-refractivity contribution >= 4 is 17.5 Å². The number of ketones is 2. The van der Waals surface area contributed by atoms with Gasteiger partial charge >= 0.3 is 5.97 Å². The molecule has 0 fully saturated rings. The second-order valence-corrected chi connectivity index (χ2v) is 6.60. The van der Waals surface area contributed by atoms with E-state index in [1.54, 1.807) is 12.1 Å². The third-order valence-corrected chi connectivity index (χ3v) is 5.17. The maximum absolute atomic E-state index is 12.9. The average Bonchev–Trinajstić information content (AvgIpc) is 2.68. The fourth-order valence-corrected chi connectivity index (χ4v) is 3.76. The lowest BCUT2D eigenvalue weighted by Gasteiger charge is -2.32. The molecule has 132 valence electrons. The number of phenolic OH excluding ortho intramolecular Hbond substituents is 2. The Hall–Kier alpha value is -3.19. The molecule has 7 nitrogen and oxygen atoms in total. The van der Waals surface area contributed by atoms with Gasteiger partial charge in [0.15, 0.2) is 17.2 Å². The third-order valence-electron chi connectivity index (χ3n) is 5.17. The van der Waals surface area contributed by atoms with Gasteiger partial charge in [0.05, 0.1) is 11.1 Å². The molecule has 0 saturated carbocycles. The number of phenols is 2. The number of rotatable bonds is 1. The summed E-state index contributed by atoms with van der Waals surface area (Å²) < 4.78 is 6.72. The topological polar surface area (TPSA) is 132 Å². The first-order chi connectivity index (χ1) is 12.8. The van der Waals surface area contributed by atoms with Gasteiger partial charge in [-0.25, -0.2) is 4.79 Å². The van der Waals surface area contributed by atoms with E-state index in [0.717, 1.165) is 0 Å². The van der Waals surface area contributed by atoms with Crippen molar-refractivity contribution in [1.29, 1.82) is 1.43 Å². The van der Waals surface area contributed by atoms with Gasteiger partial charge in [-0.1, -0.05) is 24.3 Å². The molecule has 1 unspecified atom stereocenters. The Labute approximate surface area is 148 Å². The van der Waals surface area contributed by atoms with Crippen molar-refractivity contribution in [2.75, 3.05) is 0 Å². The standard InChI is InChI=1S/C19H14O7/c20-14-8-3-1-2-4-9(8)15(21)13-12(14)16(22)10-5-6-19(26,18(24)25)7-11(10)17(13)23/h1-4,22-23,26H,5-7H2,(H,24,25)/i/hD. The molecular weight excluding hydrogens is 340 g/mol. The smallest absolute Gasteiger partial charge is 0.336 e. The summed E-state index contributed by atoms with van der Waals surface area (Å²) >= 11 is 0. The average molecular weight is 355 g/mol. The van der Waals surface area contributed by atoms with Crippen LogP contribution in [0.2, 0.25) is 0 Å². The van der Waals surface area contributed by atoms with Crippen molar-refractivity contribution in [2.45, 2.75) is 24.9 Å². The second kappa shape index (κ2) is 5.15. The highest BCUT2D eigenvalue weighted by molar-refractivity contribution is 6.30. The highest BCUT2D eigenvalue weighted by atomic mass is 16.4. The van der Waals surface area contributed by atoms with Crippen LogP contribution in [0.1, 0.15) is 49.4 Å². The zero-order valence-electron chi connectivity index (χ0n) is 14.4. The van der Waals surface area contributed by atoms with Crippen LogP contribution in [0.5, 0.6) is 11.5 Å². The van der Waals surface area contributed by atoms with Gasteiger partial charge in [0.1, 0.15) is 11.5 Å². The van der Waals surface area contributed by atoms with Crippen LogP contribution in [0.25, 0.3) is 1.43 Å². The summed E-state index contributed by atoms with van der Waals surface area (Å²) in [4.78, 5) is 37.4. The summed E-state index contributed by atoms with van der Waals surface area (Å²) in [5.74, 6) is -3.40. The molecule has 2 aromatic rings. The molecule has 7 heteroatoms. The number of aromatic hydroxyl groups is 2. The highest BCUT2D eigenvalue weighted by Gasteiger charge is 2.45. The molecule has 1 atom stereocenters.